The van der Waals surface area contributed by atoms with Gasteiger partial charge in [0.25, 0.3) is 5.91 Å². The van der Waals surface area contributed by atoms with E-state index in [1.807, 2.05) is 54.6 Å². The van der Waals surface area contributed by atoms with Gasteiger partial charge >= 0.3 is 0 Å². The number of benzene rings is 2. The first-order chi connectivity index (χ1) is 14.5. The van der Waals surface area contributed by atoms with Crippen molar-refractivity contribution < 1.29 is 19.1 Å². The number of amides is 2. The van der Waals surface area contributed by atoms with Crippen LogP contribution in [0.1, 0.15) is 11.6 Å². The Hall–Kier alpha value is -3.06. The van der Waals surface area contributed by atoms with E-state index in [1.54, 1.807) is 23.9 Å². The smallest absolute Gasteiger partial charge is 0.267 e. The zero-order chi connectivity index (χ0) is 21.1. The highest BCUT2D eigenvalue weighted by Crippen LogP contribution is 2.31. The highest BCUT2D eigenvalue weighted by Gasteiger charge is 2.36. The molecule has 0 aliphatic carbocycles. The number of likely N-dealkylation sites (N-methyl/N-ethyl adjacent to an activating group) is 1. The number of carbonyl (C=O) groups excluding carboxylic acids is 2. The van der Waals surface area contributed by atoms with Crippen molar-refractivity contribution in [2.75, 3.05) is 46.9 Å². The molecule has 2 atom stereocenters. The predicted octanol–water partition coefficient (Wildman–Crippen LogP) is 1.80. The molecular formula is C23H27N3O4. The largest absolute Gasteiger partial charge is 0.485 e. The minimum Gasteiger partial charge on any atom is -0.485 e. The fourth-order valence-electron chi connectivity index (χ4n) is 3.93. The van der Waals surface area contributed by atoms with Crippen molar-refractivity contribution in [3.05, 3.63) is 60.2 Å². The van der Waals surface area contributed by atoms with Gasteiger partial charge in [-0.15, -0.1) is 0 Å². The molecule has 2 aromatic rings. The summed E-state index contributed by atoms with van der Waals surface area (Å²) in [5.41, 5.74) is 0.969. The molecule has 7 heteroatoms. The summed E-state index contributed by atoms with van der Waals surface area (Å²) in [7, 11) is 3.55. The summed E-state index contributed by atoms with van der Waals surface area (Å²) in [4.78, 5) is 31.4. The van der Waals surface area contributed by atoms with E-state index >= 15 is 0 Å². The van der Waals surface area contributed by atoms with Gasteiger partial charge < -0.3 is 19.3 Å². The van der Waals surface area contributed by atoms with Crippen molar-refractivity contribution in [2.24, 2.45) is 0 Å². The summed E-state index contributed by atoms with van der Waals surface area (Å²) in [6, 6.07) is 16.8. The molecular weight excluding hydrogens is 382 g/mol. The van der Waals surface area contributed by atoms with Crippen molar-refractivity contribution in [2.45, 2.75) is 12.1 Å². The van der Waals surface area contributed by atoms with Crippen LogP contribution in [-0.4, -0.2) is 79.5 Å². The van der Waals surface area contributed by atoms with E-state index in [1.165, 1.54) is 0 Å². The van der Waals surface area contributed by atoms with E-state index in [-0.39, 0.29) is 24.5 Å². The summed E-state index contributed by atoms with van der Waals surface area (Å²) in [5, 5.41) is 0. The lowest BCUT2D eigenvalue weighted by Gasteiger charge is -2.40. The second-order valence-electron chi connectivity index (χ2n) is 7.77. The molecule has 7 nitrogen and oxygen atoms in total. The van der Waals surface area contributed by atoms with Gasteiger partial charge in [-0.25, -0.2) is 0 Å². The van der Waals surface area contributed by atoms with E-state index in [2.05, 4.69) is 4.90 Å². The number of rotatable bonds is 4. The Morgan fingerprint density at radius 1 is 0.933 bits per heavy atom. The van der Waals surface area contributed by atoms with Gasteiger partial charge in [0.05, 0.1) is 0 Å². The molecule has 2 amide bonds. The predicted molar refractivity (Wildman–Crippen MR) is 112 cm³/mol. The third-order valence-electron chi connectivity index (χ3n) is 5.57. The number of hydrogen-bond acceptors (Lipinski definition) is 5. The topological polar surface area (TPSA) is 62.3 Å². The Morgan fingerprint density at radius 3 is 2.23 bits per heavy atom. The van der Waals surface area contributed by atoms with Crippen molar-refractivity contribution >= 4 is 11.8 Å². The van der Waals surface area contributed by atoms with Crippen LogP contribution in [-0.2, 0) is 9.59 Å². The van der Waals surface area contributed by atoms with E-state index < -0.39 is 6.10 Å². The van der Waals surface area contributed by atoms with Crippen LogP contribution in [0.15, 0.2) is 54.6 Å². The van der Waals surface area contributed by atoms with Crippen LogP contribution in [0.2, 0.25) is 0 Å². The molecule has 30 heavy (non-hydrogen) atoms. The Morgan fingerprint density at radius 2 is 1.57 bits per heavy atom. The first kappa shape index (κ1) is 20.2. The maximum atomic E-state index is 13.0. The van der Waals surface area contributed by atoms with Gasteiger partial charge in [0.1, 0.15) is 12.6 Å². The highest BCUT2D eigenvalue weighted by atomic mass is 16.6. The average molecular weight is 409 g/mol. The molecule has 0 radical (unpaired) electrons. The van der Waals surface area contributed by atoms with E-state index in [0.29, 0.717) is 37.7 Å². The lowest BCUT2D eigenvalue weighted by Crippen LogP contribution is -2.55. The SMILES string of the molecule is CN(C)C(=O)C(c1ccccc1)N1CCN(C(=O)C2COc3ccccc3O2)CC1. The van der Waals surface area contributed by atoms with Gasteiger partial charge in [-0.05, 0) is 17.7 Å². The van der Waals surface area contributed by atoms with Crippen molar-refractivity contribution in [1.82, 2.24) is 14.7 Å². The standard InChI is InChI=1S/C23H27N3O4/c1-24(2)23(28)21(17-8-4-3-5-9-17)25-12-14-26(15-13-25)22(27)20-16-29-18-10-6-7-11-19(18)30-20/h3-11,20-21H,12-16H2,1-2H3. The zero-order valence-corrected chi connectivity index (χ0v) is 17.4. The molecule has 0 spiro atoms. The molecule has 0 bridgehead atoms. The number of fused-ring (bicyclic) bond motifs is 1. The lowest BCUT2D eigenvalue weighted by atomic mass is 10.0. The van der Waals surface area contributed by atoms with E-state index in [0.717, 1.165) is 5.56 Å². The van der Waals surface area contributed by atoms with E-state index in [9.17, 15) is 9.59 Å². The van der Waals surface area contributed by atoms with Gasteiger partial charge in [0.15, 0.2) is 11.5 Å². The van der Waals surface area contributed by atoms with Crippen molar-refractivity contribution in [3.8, 4) is 11.5 Å². The van der Waals surface area contributed by atoms with Gasteiger partial charge in [-0.2, -0.15) is 0 Å². The normalized spacial score (nSPS) is 19.8. The van der Waals surface area contributed by atoms with Crippen LogP contribution in [0.4, 0.5) is 0 Å². The Kier molecular flexibility index (Phi) is 5.90. The molecule has 4 rings (SSSR count). The monoisotopic (exact) mass is 409 g/mol. The third-order valence-corrected chi connectivity index (χ3v) is 5.57. The molecule has 2 aliphatic rings. The molecule has 1 fully saturated rings. The Balaban J connectivity index is 1.41. The number of piperazine rings is 1. The Bertz CT molecular complexity index is 894. The Labute approximate surface area is 176 Å². The summed E-state index contributed by atoms with van der Waals surface area (Å²) in [6.07, 6.45) is -0.639. The number of carbonyl (C=O) groups is 2. The van der Waals surface area contributed by atoms with Crippen LogP contribution in [0.3, 0.4) is 0 Å². The van der Waals surface area contributed by atoms with Crippen molar-refractivity contribution in [3.63, 3.8) is 0 Å². The third kappa shape index (κ3) is 4.11. The molecule has 2 aromatic carbocycles. The lowest BCUT2D eigenvalue weighted by molar-refractivity contribution is -0.144. The molecule has 158 valence electrons. The van der Waals surface area contributed by atoms with Gasteiger partial charge in [-0.3, -0.25) is 14.5 Å². The summed E-state index contributed by atoms with van der Waals surface area (Å²) in [5.74, 6) is 1.24. The molecule has 0 N–H and O–H groups in total. The first-order valence-electron chi connectivity index (χ1n) is 10.2. The number of ether oxygens (including phenoxy) is 2. The average Bonchev–Trinajstić information content (AvgIpc) is 2.79. The molecule has 2 aliphatic heterocycles. The first-order valence-corrected chi connectivity index (χ1v) is 10.2. The minimum absolute atomic E-state index is 0.0431. The summed E-state index contributed by atoms with van der Waals surface area (Å²) in [6.45, 7) is 2.54. The summed E-state index contributed by atoms with van der Waals surface area (Å²) < 4.78 is 11.6. The molecule has 0 aromatic heterocycles. The van der Waals surface area contributed by atoms with Crippen LogP contribution >= 0.6 is 0 Å². The van der Waals surface area contributed by atoms with Crippen LogP contribution in [0, 0.1) is 0 Å². The molecule has 0 saturated carbocycles. The zero-order valence-electron chi connectivity index (χ0n) is 17.4. The fraction of sp³-hybridized carbons (Fsp3) is 0.391. The second kappa shape index (κ2) is 8.75. The van der Waals surface area contributed by atoms with Gasteiger partial charge in [0.2, 0.25) is 12.0 Å². The van der Waals surface area contributed by atoms with Crippen LogP contribution in [0.5, 0.6) is 11.5 Å². The molecule has 1 saturated heterocycles. The fourth-order valence-corrected chi connectivity index (χ4v) is 3.93. The maximum Gasteiger partial charge on any atom is 0.267 e. The highest BCUT2D eigenvalue weighted by molar-refractivity contribution is 5.83. The number of nitrogens with zero attached hydrogens (tertiary/aromatic N) is 3. The molecule has 2 heterocycles. The van der Waals surface area contributed by atoms with Crippen LogP contribution in [0.25, 0.3) is 0 Å². The van der Waals surface area contributed by atoms with Crippen molar-refractivity contribution in [1.29, 1.82) is 0 Å². The maximum absolute atomic E-state index is 13.0. The number of hydrogen-bond donors (Lipinski definition) is 0. The minimum atomic E-state index is -0.639. The van der Waals surface area contributed by atoms with E-state index in [4.69, 9.17) is 9.47 Å². The number of para-hydroxylation sites is 2. The van der Waals surface area contributed by atoms with Gasteiger partial charge in [-0.1, -0.05) is 42.5 Å². The second-order valence-corrected chi connectivity index (χ2v) is 7.77. The van der Waals surface area contributed by atoms with Gasteiger partial charge in [0, 0.05) is 40.3 Å². The summed E-state index contributed by atoms with van der Waals surface area (Å²) >= 11 is 0. The van der Waals surface area contributed by atoms with Crippen LogP contribution < -0.4 is 9.47 Å². The molecule has 2 unspecified atom stereocenters. The quantitative estimate of drug-likeness (QED) is 0.771.